The smallest absolute Gasteiger partial charge is 0.213 e. The summed E-state index contributed by atoms with van der Waals surface area (Å²) < 4.78 is 5.78. The standard InChI is InChI=1S/C16H28N2O/c1-4-7-8-9-10-19-16-12-14(13-17-6-3)11-15(5-2)18-16/h11-12,17H,4-10,13H2,1-3H3. The number of hydrogen-bond acceptors (Lipinski definition) is 3. The maximum Gasteiger partial charge on any atom is 0.213 e. The van der Waals surface area contributed by atoms with Crippen LogP contribution in [0.15, 0.2) is 12.1 Å². The van der Waals surface area contributed by atoms with Gasteiger partial charge in [0.05, 0.1) is 6.61 Å². The van der Waals surface area contributed by atoms with E-state index in [4.69, 9.17) is 4.74 Å². The molecular weight excluding hydrogens is 236 g/mol. The van der Waals surface area contributed by atoms with Gasteiger partial charge in [0, 0.05) is 18.3 Å². The molecule has 1 aromatic rings. The number of hydrogen-bond donors (Lipinski definition) is 1. The molecule has 0 aliphatic rings. The molecule has 1 rings (SSSR count). The Labute approximate surface area is 117 Å². The Morgan fingerprint density at radius 2 is 1.95 bits per heavy atom. The van der Waals surface area contributed by atoms with Gasteiger partial charge >= 0.3 is 0 Å². The van der Waals surface area contributed by atoms with E-state index in [1.807, 2.05) is 0 Å². The van der Waals surface area contributed by atoms with E-state index in [1.165, 1.54) is 24.8 Å². The van der Waals surface area contributed by atoms with Crippen molar-refractivity contribution in [3.05, 3.63) is 23.4 Å². The number of rotatable bonds is 10. The maximum absolute atomic E-state index is 5.78. The molecule has 0 aliphatic carbocycles. The summed E-state index contributed by atoms with van der Waals surface area (Å²) in [5.74, 6) is 0.781. The molecule has 0 atom stereocenters. The predicted molar refractivity (Wildman–Crippen MR) is 80.6 cm³/mol. The highest BCUT2D eigenvalue weighted by Gasteiger charge is 2.03. The fourth-order valence-corrected chi connectivity index (χ4v) is 1.95. The minimum atomic E-state index is 0.779. The average molecular weight is 264 g/mol. The number of aryl methyl sites for hydroxylation is 1. The van der Waals surface area contributed by atoms with Gasteiger partial charge in [-0.2, -0.15) is 0 Å². The van der Waals surface area contributed by atoms with Crippen molar-refractivity contribution in [2.75, 3.05) is 13.2 Å². The van der Waals surface area contributed by atoms with Crippen LogP contribution in [0.2, 0.25) is 0 Å². The summed E-state index contributed by atoms with van der Waals surface area (Å²) in [4.78, 5) is 4.53. The number of pyridine rings is 1. The Balaban J connectivity index is 2.50. The van der Waals surface area contributed by atoms with Gasteiger partial charge in [0.25, 0.3) is 0 Å². The van der Waals surface area contributed by atoms with E-state index >= 15 is 0 Å². The molecule has 0 bridgehead atoms. The zero-order valence-electron chi connectivity index (χ0n) is 12.7. The maximum atomic E-state index is 5.78. The first kappa shape index (κ1) is 16.0. The minimum absolute atomic E-state index is 0.779. The topological polar surface area (TPSA) is 34.1 Å². The third-order valence-electron chi connectivity index (χ3n) is 3.10. The van der Waals surface area contributed by atoms with Gasteiger partial charge in [-0.25, -0.2) is 4.98 Å². The second-order valence-electron chi connectivity index (χ2n) is 4.85. The second-order valence-corrected chi connectivity index (χ2v) is 4.85. The van der Waals surface area contributed by atoms with E-state index in [0.717, 1.165) is 44.1 Å². The summed E-state index contributed by atoms with van der Waals surface area (Å²) in [6.07, 6.45) is 5.86. The molecule has 1 heterocycles. The summed E-state index contributed by atoms with van der Waals surface area (Å²) in [6.45, 7) is 9.12. The van der Waals surface area contributed by atoms with Crippen LogP contribution in [0.25, 0.3) is 0 Å². The Hall–Kier alpha value is -1.09. The number of nitrogens with one attached hydrogen (secondary N) is 1. The average Bonchev–Trinajstić information content (AvgIpc) is 2.44. The van der Waals surface area contributed by atoms with Crippen LogP contribution in [0.1, 0.15) is 57.7 Å². The Bertz CT molecular complexity index is 353. The summed E-state index contributed by atoms with van der Waals surface area (Å²) in [6, 6.07) is 4.22. The molecule has 0 aliphatic heterocycles. The number of unbranched alkanes of at least 4 members (excludes halogenated alkanes) is 3. The van der Waals surface area contributed by atoms with Gasteiger partial charge < -0.3 is 10.1 Å². The zero-order valence-corrected chi connectivity index (χ0v) is 12.7. The van der Waals surface area contributed by atoms with Crippen LogP contribution in [0, 0.1) is 0 Å². The van der Waals surface area contributed by atoms with Crippen LogP contribution < -0.4 is 10.1 Å². The Morgan fingerprint density at radius 1 is 1.11 bits per heavy atom. The lowest BCUT2D eigenvalue weighted by Gasteiger charge is -2.10. The molecule has 1 N–H and O–H groups in total. The summed E-state index contributed by atoms with van der Waals surface area (Å²) in [5, 5.41) is 3.34. The van der Waals surface area contributed by atoms with Crippen molar-refractivity contribution in [3.63, 3.8) is 0 Å². The quantitative estimate of drug-likeness (QED) is 0.654. The molecule has 0 amide bonds. The van der Waals surface area contributed by atoms with E-state index in [0.29, 0.717) is 0 Å². The molecule has 0 saturated carbocycles. The van der Waals surface area contributed by atoms with Gasteiger partial charge in [-0.1, -0.05) is 40.0 Å². The van der Waals surface area contributed by atoms with Crippen molar-refractivity contribution in [1.29, 1.82) is 0 Å². The highest BCUT2D eigenvalue weighted by molar-refractivity contribution is 5.25. The highest BCUT2D eigenvalue weighted by Crippen LogP contribution is 2.14. The largest absolute Gasteiger partial charge is 0.478 e. The molecule has 0 aromatic carbocycles. The van der Waals surface area contributed by atoms with E-state index < -0.39 is 0 Å². The van der Waals surface area contributed by atoms with Crippen molar-refractivity contribution >= 4 is 0 Å². The number of ether oxygens (including phenoxy) is 1. The van der Waals surface area contributed by atoms with Crippen molar-refractivity contribution in [2.45, 2.75) is 59.4 Å². The fraction of sp³-hybridized carbons (Fsp3) is 0.688. The molecule has 108 valence electrons. The minimum Gasteiger partial charge on any atom is -0.478 e. The first-order valence-electron chi connectivity index (χ1n) is 7.63. The Morgan fingerprint density at radius 3 is 2.63 bits per heavy atom. The third-order valence-corrected chi connectivity index (χ3v) is 3.10. The van der Waals surface area contributed by atoms with Crippen LogP contribution in [0.5, 0.6) is 5.88 Å². The van der Waals surface area contributed by atoms with Crippen LogP contribution in [-0.4, -0.2) is 18.1 Å². The zero-order chi connectivity index (χ0) is 13.9. The summed E-state index contributed by atoms with van der Waals surface area (Å²) in [7, 11) is 0. The van der Waals surface area contributed by atoms with Crippen molar-refractivity contribution in [1.82, 2.24) is 10.3 Å². The van der Waals surface area contributed by atoms with Crippen molar-refractivity contribution < 1.29 is 4.74 Å². The molecule has 19 heavy (non-hydrogen) atoms. The normalized spacial score (nSPS) is 10.7. The lowest BCUT2D eigenvalue weighted by Crippen LogP contribution is -2.12. The molecule has 3 nitrogen and oxygen atoms in total. The molecule has 0 fully saturated rings. The van der Waals surface area contributed by atoms with Gasteiger partial charge in [-0.05, 0) is 31.0 Å². The molecule has 0 spiro atoms. The van der Waals surface area contributed by atoms with E-state index in [2.05, 4.69) is 43.2 Å². The van der Waals surface area contributed by atoms with Gasteiger partial charge in [0.15, 0.2) is 0 Å². The SMILES string of the molecule is CCCCCCOc1cc(CNCC)cc(CC)n1. The molecule has 0 saturated heterocycles. The van der Waals surface area contributed by atoms with Crippen LogP contribution in [0.3, 0.4) is 0 Å². The van der Waals surface area contributed by atoms with E-state index in [9.17, 15) is 0 Å². The van der Waals surface area contributed by atoms with Gasteiger partial charge in [0.1, 0.15) is 0 Å². The third kappa shape index (κ3) is 6.58. The van der Waals surface area contributed by atoms with Gasteiger partial charge in [0.2, 0.25) is 5.88 Å². The fourth-order valence-electron chi connectivity index (χ4n) is 1.95. The van der Waals surface area contributed by atoms with Gasteiger partial charge in [-0.3, -0.25) is 0 Å². The Kier molecular flexibility index (Phi) is 8.23. The van der Waals surface area contributed by atoms with E-state index in [-0.39, 0.29) is 0 Å². The molecule has 3 heteroatoms. The monoisotopic (exact) mass is 264 g/mol. The second kappa shape index (κ2) is 9.79. The van der Waals surface area contributed by atoms with Crippen molar-refractivity contribution in [3.8, 4) is 5.88 Å². The van der Waals surface area contributed by atoms with E-state index in [1.54, 1.807) is 0 Å². The van der Waals surface area contributed by atoms with Crippen LogP contribution >= 0.6 is 0 Å². The number of nitrogens with zero attached hydrogens (tertiary/aromatic N) is 1. The van der Waals surface area contributed by atoms with Gasteiger partial charge in [-0.15, -0.1) is 0 Å². The summed E-state index contributed by atoms with van der Waals surface area (Å²) in [5.41, 5.74) is 2.37. The molecule has 0 radical (unpaired) electrons. The lowest BCUT2D eigenvalue weighted by atomic mass is 10.2. The lowest BCUT2D eigenvalue weighted by molar-refractivity contribution is 0.292. The first-order valence-corrected chi connectivity index (χ1v) is 7.63. The predicted octanol–water partition coefficient (Wildman–Crippen LogP) is 3.71. The van der Waals surface area contributed by atoms with Crippen LogP contribution in [-0.2, 0) is 13.0 Å². The highest BCUT2D eigenvalue weighted by atomic mass is 16.5. The van der Waals surface area contributed by atoms with Crippen LogP contribution in [0.4, 0.5) is 0 Å². The van der Waals surface area contributed by atoms with Crippen molar-refractivity contribution in [2.24, 2.45) is 0 Å². The molecule has 1 aromatic heterocycles. The number of aromatic nitrogens is 1. The molecule has 0 unspecified atom stereocenters. The summed E-state index contributed by atoms with van der Waals surface area (Å²) >= 11 is 0. The first-order chi connectivity index (χ1) is 9.30. The molecular formula is C16H28N2O.